The third-order valence-electron chi connectivity index (χ3n) is 4.53. The molecule has 7 nitrogen and oxygen atoms in total. The average molecular weight is 507 g/mol. The van der Waals surface area contributed by atoms with Gasteiger partial charge in [-0.25, -0.2) is 0 Å². The van der Waals surface area contributed by atoms with E-state index in [4.69, 9.17) is 18.9 Å². The van der Waals surface area contributed by atoms with Crippen LogP contribution in [0.2, 0.25) is 0 Å². The van der Waals surface area contributed by atoms with Crippen molar-refractivity contribution >= 4 is 29.9 Å². The van der Waals surface area contributed by atoms with Gasteiger partial charge in [0, 0.05) is 33.2 Å². The molecular formula is C20H34IN3O4. The summed E-state index contributed by atoms with van der Waals surface area (Å²) in [6.45, 7) is 6.69. The van der Waals surface area contributed by atoms with Gasteiger partial charge in [0.25, 0.3) is 0 Å². The molecule has 28 heavy (non-hydrogen) atoms. The lowest BCUT2D eigenvalue weighted by molar-refractivity contribution is 0.0536. The third-order valence-corrected chi connectivity index (χ3v) is 4.53. The van der Waals surface area contributed by atoms with E-state index >= 15 is 0 Å². The van der Waals surface area contributed by atoms with Gasteiger partial charge in [-0.1, -0.05) is 12.1 Å². The van der Waals surface area contributed by atoms with E-state index < -0.39 is 0 Å². The van der Waals surface area contributed by atoms with Crippen LogP contribution < -0.4 is 14.8 Å². The van der Waals surface area contributed by atoms with Crippen molar-refractivity contribution in [3.63, 3.8) is 0 Å². The molecule has 1 aromatic carbocycles. The molecule has 1 aliphatic heterocycles. The van der Waals surface area contributed by atoms with Gasteiger partial charge in [-0.15, -0.1) is 24.0 Å². The number of halogens is 1. The number of methoxy groups -OCH3 is 2. The van der Waals surface area contributed by atoms with Gasteiger partial charge in [-0.3, -0.25) is 4.99 Å². The van der Waals surface area contributed by atoms with E-state index in [0.717, 1.165) is 43.6 Å². The number of guanidine groups is 1. The topological polar surface area (TPSA) is 64.6 Å². The fraction of sp³-hybridized carbons (Fsp3) is 0.650. The number of benzene rings is 1. The van der Waals surface area contributed by atoms with Crippen molar-refractivity contribution in [3.05, 3.63) is 24.3 Å². The monoisotopic (exact) mass is 507 g/mol. The second-order valence-corrected chi connectivity index (χ2v) is 6.68. The van der Waals surface area contributed by atoms with E-state index in [0.29, 0.717) is 25.7 Å². The van der Waals surface area contributed by atoms with Crippen molar-refractivity contribution in [3.8, 4) is 11.5 Å². The molecule has 0 spiro atoms. The van der Waals surface area contributed by atoms with E-state index in [1.807, 2.05) is 38.2 Å². The molecule has 160 valence electrons. The van der Waals surface area contributed by atoms with Crippen LogP contribution in [0.4, 0.5) is 0 Å². The molecule has 2 rings (SSSR count). The van der Waals surface area contributed by atoms with Crippen molar-refractivity contribution in [2.75, 3.05) is 60.7 Å². The summed E-state index contributed by atoms with van der Waals surface area (Å²) in [5.41, 5.74) is 0. The number of rotatable bonds is 10. The van der Waals surface area contributed by atoms with Gasteiger partial charge in [0.2, 0.25) is 0 Å². The molecule has 0 aliphatic carbocycles. The number of ether oxygens (including phenoxy) is 4. The molecule has 2 unspecified atom stereocenters. The van der Waals surface area contributed by atoms with Gasteiger partial charge in [0.05, 0.1) is 33.5 Å². The number of aliphatic imine (C=N–C) groups is 1. The normalized spacial score (nSPS) is 17.8. The van der Waals surface area contributed by atoms with E-state index in [1.165, 1.54) is 0 Å². The molecule has 1 aromatic rings. The molecule has 1 aliphatic rings. The minimum Gasteiger partial charge on any atom is -0.493 e. The van der Waals surface area contributed by atoms with Gasteiger partial charge in [-0.05, 0) is 25.5 Å². The first-order valence-corrected chi connectivity index (χ1v) is 9.49. The largest absolute Gasteiger partial charge is 0.493 e. The molecule has 0 saturated carbocycles. The van der Waals surface area contributed by atoms with Crippen LogP contribution in [0, 0.1) is 5.92 Å². The Hall–Kier alpha value is -1.26. The summed E-state index contributed by atoms with van der Waals surface area (Å²) in [6.07, 6.45) is 1.09. The van der Waals surface area contributed by atoms with Crippen LogP contribution in [0.15, 0.2) is 29.3 Å². The van der Waals surface area contributed by atoms with Gasteiger partial charge in [-0.2, -0.15) is 0 Å². The summed E-state index contributed by atoms with van der Waals surface area (Å²) >= 11 is 0. The quantitative estimate of drug-likeness (QED) is 0.228. The predicted molar refractivity (Wildman–Crippen MR) is 122 cm³/mol. The van der Waals surface area contributed by atoms with Gasteiger partial charge in [0.1, 0.15) is 6.10 Å². The van der Waals surface area contributed by atoms with E-state index in [1.54, 1.807) is 14.2 Å². The number of nitrogens with zero attached hydrogens (tertiary/aromatic N) is 2. The number of para-hydroxylation sites is 2. The van der Waals surface area contributed by atoms with Gasteiger partial charge >= 0.3 is 0 Å². The smallest absolute Gasteiger partial charge is 0.193 e. The van der Waals surface area contributed by atoms with Crippen molar-refractivity contribution < 1.29 is 18.9 Å². The Morgan fingerprint density at radius 1 is 1.25 bits per heavy atom. The van der Waals surface area contributed by atoms with E-state index in [-0.39, 0.29) is 30.1 Å². The molecule has 2 atom stereocenters. The highest BCUT2D eigenvalue weighted by atomic mass is 127. The zero-order valence-electron chi connectivity index (χ0n) is 17.3. The summed E-state index contributed by atoms with van der Waals surface area (Å²) < 4.78 is 22.0. The average Bonchev–Trinajstić information content (AvgIpc) is 3.15. The number of likely N-dealkylation sites (tertiary alicyclic amines) is 1. The molecule has 0 radical (unpaired) electrons. The first-order chi connectivity index (χ1) is 13.2. The summed E-state index contributed by atoms with van der Waals surface area (Å²) in [5.74, 6) is 2.93. The maximum atomic E-state index is 6.00. The van der Waals surface area contributed by atoms with E-state index in [9.17, 15) is 0 Å². The minimum absolute atomic E-state index is 0. The zero-order chi connectivity index (χ0) is 19.5. The molecule has 0 aromatic heterocycles. The Morgan fingerprint density at radius 3 is 2.68 bits per heavy atom. The van der Waals surface area contributed by atoms with Crippen LogP contribution in [0.5, 0.6) is 11.5 Å². The summed E-state index contributed by atoms with van der Waals surface area (Å²) in [6, 6.07) is 7.68. The van der Waals surface area contributed by atoms with Gasteiger partial charge < -0.3 is 29.2 Å². The van der Waals surface area contributed by atoms with Crippen LogP contribution >= 0.6 is 24.0 Å². The van der Waals surface area contributed by atoms with Crippen LogP contribution in [0.25, 0.3) is 0 Å². The van der Waals surface area contributed by atoms with Crippen molar-refractivity contribution in [1.29, 1.82) is 0 Å². The lowest BCUT2D eigenvalue weighted by Gasteiger charge is -2.24. The lowest BCUT2D eigenvalue weighted by atomic mass is 10.1. The second kappa shape index (κ2) is 13.8. The summed E-state index contributed by atoms with van der Waals surface area (Å²) in [5, 5.41) is 3.42. The Bertz CT molecular complexity index is 588. The number of nitrogens with one attached hydrogen (secondary N) is 1. The first-order valence-electron chi connectivity index (χ1n) is 9.49. The maximum absolute atomic E-state index is 6.00. The van der Waals surface area contributed by atoms with Crippen LogP contribution in [0.3, 0.4) is 0 Å². The van der Waals surface area contributed by atoms with Gasteiger partial charge in [0.15, 0.2) is 17.5 Å². The number of hydrogen-bond donors (Lipinski definition) is 1. The molecule has 8 heteroatoms. The summed E-state index contributed by atoms with van der Waals surface area (Å²) in [7, 11) is 5.15. The Labute approximate surface area is 185 Å². The molecule has 1 N–H and O–H groups in total. The second-order valence-electron chi connectivity index (χ2n) is 6.68. The molecule has 1 fully saturated rings. The predicted octanol–water partition coefficient (Wildman–Crippen LogP) is 2.64. The highest BCUT2D eigenvalue weighted by Gasteiger charge is 2.25. The Kier molecular flexibility index (Phi) is 12.2. The zero-order valence-corrected chi connectivity index (χ0v) is 19.7. The maximum Gasteiger partial charge on any atom is 0.193 e. The fourth-order valence-electron chi connectivity index (χ4n) is 3.10. The van der Waals surface area contributed by atoms with Crippen LogP contribution in [-0.4, -0.2) is 77.7 Å². The van der Waals surface area contributed by atoms with Crippen molar-refractivity contribution in [2.24, 2.45) is 10.9 Å². The Morgan fingerprint density at radius 2 is 2.00 bits per heavy atom. The van der Waals surface area contributed by atoms with Crippen LogP contribution in [-0.2, 0) is 9.47 Å². The van der Waals surface area contributed by atoms with Crippen LogP contribution in [0.1, 0.15) is 13.3 Å². The number of hydrogen-bond acceptors (Lipinski definition) is 5. The molecule has 1 saturated heterocycles. The van der Waals surface area contributed by atoms with E-state index in [2.05, 4.69) is 15.2 Å². The highest BCUT2D eigenvalue weighted by molar-refractivity contribution is 14.0. The highest BCUT2D eigenvalue weighted by Crippen LogP contribution is 2.26. The standard InChI is InChI=1S/C20H33N3O4.HI/c1-16(27-19-8-6-5-7-18(19)25-4)13-22-20(21-2)23-10-9-17(14-23)15-26-12-11-24-3;/h5-8,16-17H,9-15H2,1-4H3,(H,21,22);1H. The molecule has 0 amide bonds. The Balaban J connectivity index is 0.00000392. The first kappa shape index (κ1) is 24.8. The van der Waals surface area contributed by atoms with Crippen molar-refractivity contribution in [2.45, 2.75) is 19.4 Å². The third kappa shape index (κ3) is 8.00. The summed E-state index contributed by atoms with van der Waals surface area (Å²) in [4.78, 5) is 6.70. The lowest BCUT2D eigenvalue weighted by Crippen LogP contribution is -2.43. The SMILES string of the molecule is CN=C(NCC(C)Oc1ccccc1OC)N1CCC(COCCOC)C1.I. The van der Waals surface area contributed by atoms with Crippen molar-refractivity contribution in [1.82, 2.24) is 10.2 Å². The molecule has 0 bridgehead atoms. The fourth-order valence-corrected chi connectivity index (χ4v) is 3.10. The minimum atomic E-state index is -0.0196. The molecule has 1 heterocycles. The molecular weight excluding hydrogens is 473 g/mol.